The summed E-state index contributed by atoms with van der Waals surface area (Å²) in [7, 11) is -1.87. The fourth-order valence-electron chi connectivity index (χ4n) is 3.68. The minimum Gasteiger partial charge on any atom is -0.266 e. The molecule has 1 aromatic heterocycles. The van der Waals surface area contributed by atoms with E-state index < -0.39 is 8.07 Å². The highest BCUT2D eigenvalue weighted by atomic mass is 28.3. The molecule has 0 radical (unpaired) electrons. The Hall–Kier alpha value is -1.41. The maximum absolute atomic E-state index is 4.78. The summed E-state index contributed by atoms with van der Waals surface area (Å²) in [5.41, 5.74) is 4.00. The van der Waals surface area contributed by atoms with E-state index in [1.165, 1.54) is 21.6 Å². The summed E-state index contributed by atoms with van der Waals surface area (Å²) in [6, 6.07) is 13.4. The molecular weight excluding hydrogens is 270 g/mol. The number of hydrogen-bond donors (Lipinski definition) is 0. The Bertz CT molecular complexity index is 594. The number of benzene rings is 1. The molecule has 0 unspecified atom stereocenters. The number of hydrogen-bond acceptors (Lipinski definition) is 1. The fourth-order valence-corrected chi connectivity index (χ4v) is 9.30. The molecule has 0 amide bonds. The summed E-state index contributed by atoms with van der Waals surface area (Å²) in [6.45, 7) is 13.9. The lowest BCUT2D eigenvalue weighted by Gasteiger charge is -2.39. The van der Waals surface area contributed by atoms with Gasteiger partial charge in [-0.25, -0.2) is 0 Å². The van der Waals surface area contributed by atoms with Gasteiger partial charge in [0.25, 0.3) is 0 Å². The summed E-state index contributed by atoms with van der Waals surface area (Å²) in [5.74, 6) is 0. The van der Waals surface area contributed by atoms with E-state index in [4.69, 9.17) is 4.98 Å². The van der Waals surface area contributed by atoms with E-state index in [1.54, 1.807) is 0 Å². The van der Waals surface area contributed by atoms with Gasteiger partial charge in [0.15, 0.2) is 0 Å². The molecule has 2 heteroatoms. The second-order valence-electron chi connectivity index (χ2n) is 6.69. The molecule has 1 heterocycles. The van der Waals surface area contributed by atoms with Crippen molar-refractivity contribution in [2.24, 2.45) is 0 Å². The molecule has 21 heavy (non-hydrogen) atoms. The van der Waals surface area contributed by atoms with Gasteiger partial charge in [0.2, 0.25) is 0 Å². The first-order valence-electron chi connectivity index (χ1n) is 7.90. The molecule has 0 saturated heterocycles. The number of aryl methyl sites for hydroxylation is 2. The second-order valence-corrected chi connectivity index (χ2v) is 11.8. The predicted molar refractivity (Wildman–Crippen MR) is 95.4 cm³/mol. The number of aromatic nitrogens is 1. The molecule has 0 aliphatic carbocycles. The monoisotopic (exact) mass is 297 g/mol. The van der Waals surface area contributed by atoms with Crippen LogP contribution in [0, 0.1) is 13.8 Å². The Morgan fingerprint density at radius 3 is 2.00 bits per heavy atom. The summed E-state index contributed by atoms with van der Waals surface area (Å²) < 4.78 is 0. The lowest BCUT2D eigenvalue weighted by Crippen LogP contribution is -2.63. The average molecular weight is 298 g/mol. The third-order valence-corrected chi connectivity index (χ3v) is 10.9. The highest BCUT2D eigenvalue weighted by Gasteiger charge is 2.44. The van der Waals surface area contributed by atoms with Crippen molar-refractivity contribution in [1.82, 2.24) is 4.98 Å². The third-order valence-electron chi connectivity index (χ3n) is 4.89. The van der Waals surface area contributed by atoms with Gasteiger partial charge in [-0.15, -0.1) is 0 Å². The molecule has 2 rings (SSSR count). The van der Waals surface area contributed by atoms with Crippen molar-refractivity contribution in [3.05, 3.63) is 53.7 Å². The largest absolute Gasteiger partial charge is 0.266 e. The molecule has 0 atom stereocenters. The fraction of sp³-hybridized carbons (Fsp3) is 0.421. The van der Waals surface area contributed by atoms with Crippen molar-refractivity contribution >= 4 is 18.6 Å². The summed E-state index contributed by atoms with van der Waals surface area (Å²) in [4.78, 5) is 4.78. The zero-order valence-electron chi connectivity index (χ0n) is 14.1. The minimum atomic E-state index is -1.87. The normalized spacial score (nSPS) is 12.2. The van der Waals surface area contributed by atoms with Crippen LogP contribution in [0.15, 0.2) is 42.6 Å². The van der Waals surface area contributed by atoms with E-state index in [1.807, 2.05) is 12.3 Å². The van der Waals surface area contributed by atoms with Crippen molar-refractivity contribution in [3.63, 3.8) is 0 Å². The van der Waals surface area contributed by atoms with E-state index in [9.17, 15) is 0 Å². The Labute approximate surface area is 130 Å². The Morgan fingerprint density at radius 1 is 0.857 bits per heavy atom. The molecular formula is C19H27NSi. The van der Waals surface area contributed by atoms with Gasteiger partial charge in [-0.3, -0.25) is 4.98 Å². The highest BCUT2D eigenvalue weighted by molar-refractivity contribution is 7.03. The molecule has 1 aromatic carbocycles. The smallest absolute Gasteiger partial charge is 0.146 e. The topological polar surface area (TPSA) is 12.9 Å². The Balaban J connectivity index is 2.74. The van der Waals surface area contributed by atoms with Crippen LogP contribution in [0.25, 0.3) is 0 Å². The van der Waals surface area contributed by atoms with Gasteiger partial charge < -0.3 is 0 Å². The van der Waals surface area contributed by atoms with Crippen LogP contribution in [-0.4, -0.2) is 13.1 Å². The first-order valence-corrected chi connectivity index (χ1v) is 10.0. The molecule has 2 aromatic rings. The van der Waals surface area contributed by atoms with Gasteiger partial charge in [0, 0.05) is 11.5 Å². The lowest BCUT2D eigenvalue weighted by molar-refractivity contribution is 0.923. The van der Waals surface area contributed by atoms with Crippen LogP contribution in [0.1, 0.15) is 38.8 Å². The van der Waals surface area contributed by atoms with Crippen molar-refractivity contribution in [3.8, 4) is 0 Å². The van der Waals surface area contributed by atoms with E-state index in [0.29, 0.717) is 11.1 Å². The average Bonchev–Trinajstić information content (AvgIpc) is 2.44. The zero-order valence-corrected chi connectivity index (χ0v) is 15.1. The molecule has 0 N–H and O–H groups in total. The van der Waals surface area contributed by atoms with E-state index in [0.717, 1.165) is 0 Å². The maximum Gasteiger partial charge on any atom is 0.146 e. The van der Waals surface area contributed by atoms with Crippen molar-refractivity contribution in [2.75, 3.05) is 0 Å². The standard InChI is InChI=1S/C19H27NSi/c1-14(2)21(15(3)4,19-9-7-8-12-20-19)18-11-10-16(5)17(6)13-18/h7-15H,1-6H3. The molecule has 112 valence electrons. The van der Waals surface area contributed by atoms with Crippen molar-refractivity contribution in [2.45, 2.75) is 52.6 Å². The van der Waals surface area contributed by atoms with Gasteiger partial charge in [0.1, 0.15) is 8.07 Å². The molecule has 0 bridgehead atoms. The molecule has 0 saturated carbocycles. The van der Waals surface area contributed by atoms with Crippen molar-refractivity contribution < 1.29 is 0 Å². The third kappa shape index (κ3) is 2.69. The van der Waals surface area contributed by atoms with Crippen LogP contribution >= 0.6 is 0 Å². The number of rotatable bonds is 4. The minimum absolute atomic E-state index is 0.620. The zero-order chi connectivity index (χ0) is 15.6. The SMILES string of the molecule is Cc1ccc([Si](c2ccccn2)(C(C)C)C(C)C)cc1C. The van der Waals surface area contributed by atoms with E-state index in [2.05, 4.69) is 71.9 Å². The van der Waals surface area contributed by atoms with Crippen LogP contribution in [-0.2, 0) is 0 Å². The summed E-state index contributed by atoms with van der Waals surface area (Å²) in [6.07, 6.45) is 1.95. The van der Waals surface area contributed by atoms with Gasteiger partial charge in [-0.2, -0.15) is 0 Å². The highest BCUT2D eigenvalue weighted by Crippen LogP contribution is 2.31. The first-order chi connectivity index (χ1) is 9.90. The molecule has 0 fully saturated rings. The van der Waals surface area contributed by atoms with Crippen LogP contribution < -0.4 is 10.5 Å². The van der Waals surface area contributed by atoms with Gasteiger partial charge >= 0.3 is 0 Å². The van der Waals surface area contributed by atoms with Crippen LogP contribution in [0.5, 0.6) is 0 Å². The first kappa shape index (κ1) is 16.0. The Kier molecular flexibility index (Phi) is 4.67. The van der Waals surface area contributed by atoms with Crippen LogP contribution in [0.3, 0.4) is 0 Å². The second kappa shape index (κ2) is 6.14. The lowest BCUT2D eigenvalue weighted by atomic mass is 10.1. The van der Waals surface area contributed by atoms with E-state index >= 15 is 0 Å². The summed E-state index contributed by atoms with van der Waals surface area (Å²) >= 11 is 0. The number of nitrogens with zero attached hydrogens (tertiary/aromatic N) is 1. The molecule has 0 spiro atoms. The maximum atomic E-state index is 4.78. The predicted octanol–water partition coefficient (Wildman–Crippen LogP) is 4.08. The quantitative estimate of drug-likeness (QED) is 0.775. The van der Waals surface area contributed by atoms with Crippen LogP contribution in [0.2, 0.25) is 11.1 Å². The van der Waals surface area contributed by atoms with Crippen LogP contribution in [0.4, 0.5) is 0 Å². The molecule has 1 nitrogen and oxygen atoms in total. The Morgan fingerprint density at radius 2 is 1.52 bits per heavy atom. The van der Waals surface area contributed by atoms with Gasteiger partial charge in [-0.05, 0) is 48.2 Å². The number of pyridine rings is 1. The van der Waals surface area contributed by atoms with Crippen molar-refractivity contribution in [1.29, 1.82) is 0 Å². The van der Waals surface area contributed by atoms with E-state index in [-0.39, 0.29) is 0 Å². The van der Waals surface area contributed by atoms with Gasteiger partial charge in [-0.1, -0.05) is 57.1 Å². The summed E-state index contributed by atoms with van der Waals surface area (Å²) in [5, 5.41) is 2.84. The molecule has 0 aliphatic heterocycles. The van der Waals surface area contributed by atoms with Gasteiger partial charge in [0.05, 0.1) is 0 Å². The molecule has 0 aliphatic rings.